The highest BCUT2D eigenvalue weighted by atomic mass is 79.9. The Hall–Kier alpha value is -1.88. The van der Waals surface area contributed by atoms with Gasteiger partial charge in [-0.15, -0.1) is 0 Å². The molecule has 0 aliphatic heterocycles. The highest BCUT2D eigenvalue weighted by molar-refractivity contribution is 9.10. The second kappa shape index (κ2) is 5.84. The van der Waals surface area contributed by atoms with Gasteiger partial charge in [0.15, 0.2) is 0 Å². The Morgan fingerprint density at radius 3 is 2.53 bits per heavy atom. The van der Waals surface area contributed by atoms with Gasteiger partial charge in [-0.25, -0.2) is 9.18 Å². The van der Waals surface area contributed by atoms with Crippen LogP contribution in [0.4, 0.5) is 10.1 Å². The van der Waals surface area contributed by atoms with E-state index in [2.05, 4.69) is 21.2 Å². The van der Waals surface area contributed by atoms with Crippen molar-refractivity contribution >= 4 is 27.6 Å². The zero-order chi connectivity index (χ0) is 13.8. The molecule has 0 atom stereocenters. The molecule has 0 aromatic heterocycles. The molecular formula is C14H11BrFNO2. The summed E-state index contributed by atoms with van der Waals surface area (Å²) in [5.41, 5.74) is 1.51. The van der Waals surface area contributed by atoms with Gasteiger partial charge in [-0.2, -0.15) is 0 Å². The molecular weight excluding hydrogens is 313 g/mol. The Balaban J connectivity index is 2.06. The van der Waals surface area contributed by atoms with Gasteiger partial charge in [0.2, 0.25) is 0 Å². The third kappa shape index (κ3) is 3.54. The normalized spacial score (nSPS) is 10.2. The van der Waals surface area contributed by atoms with E-state index in [0.29, 0.717) is 12.2 Å². The number of benzene rings is 2. The number of rotatable bonds is 4. The number of carboxylic acids is 1. The summed E-state index contributed by atoms with van der Waals surface area (Å²) < 4.78 is 14.3. The lowest BCUT2D eigenvalue weighted by Crippen LogP contribution is -2.02. The first-order valence-corrected chi connectivity index (χ1v) is 6.37. The average molecular weight is 324 g/mol. The predicted octanol–water partition coefficient (Wildman–Crippen LogP) is 3.90. The van der Waals surface area contributed by atoms with Crippen LogP contribution in [0.3, 0.4) is 0 Å². The number of hydrogen-bond donors (Lipinski definition) is 2. The SMILES string of the molecule is O=C(O)c1ccc(CNc2cc(Br)ccc2F)cc1. The quantitative estimate of drug-likeness (QED) is 0.897. The van der Waals surface area contributed by atoms with Crippen LogP contribution in [0.15, 0.2) is 46.9 Å². The Kier molecular flexibility index (Phi) is 4.16. The fourth-order valence-corrected chi connectivity index (χ4v) is 1.96. The number of hydrogen-bond acceptors (Lipinski definition) is 2. The summed E-state index contributed by atoms with van der Waals surface area (Å²) in [6.07, 6.45) is 0. The molecule has 0 radical (unpaired) electrons. The number of aromatic carboxylic acids is 1. The van der Waals surface area contributed by atoms with E-state index in [1.165, 1.54) is 18.2 Å². The van der Waals surface area contributed by atoms with Gasteiger partial charge < -0.3 is 10.4 Å². The minimum atomic E-state index is -0.961. The summed E-state index contributed by atoms with van der Waals surface area (Å²) >= 11 is 3.28. The minimum absolute atomic E-state index is 0.234. The van der Waals surface area contributed by atoms with E-state index >= 15 is 0 Å². The van der Waals surface area contributed by atoms with Gasteiger partial charge in [-0.3, -0.25) is 0 Å². The fraction of sp³-hybridized carbons (Fsp3) is 0.0714. The molecule has 2 N–H and O–H groups in total. The Labute approximate surface area is 118 Å². The van der Waals surface area contributed by atoms with Crippen molar-refractivity contribution in [2.75, 3.05) is 5.32 Å². The molecule has 2 aromatic carbocycles. The van der Waals surface area contributed by atoms with Crippen LogP contribution in [0, 0.1) is 5.82 Å². The van der Waals surface area contributed by atoms with Crippen LogP contribution in [-0.4, -0.2) is 11.1 Å². The Morgan fingerprint density at radius 2 is 1.89 bits per heavy atom. The minimum Gasteiger partial charge on any atom is -0.478 e. The first-order chi connectivity index (χ1) is 9.06. The summed E-state index contributed by atoms with van der Waals surface area (Å²) in [6, 6.07) is 11.1. The van der Waals surface area contributed by atoms with Gasteiger partial charge in [-0.1, -0.05) is 28.1 Å². The maximum absolute atomic E-state index is 13.5. The second-order valence-electron chi connectivity index (χ2n) is 3.98. The molecule has 0 unspecified atom stereocenters. The molecule has 0 heterocycles. The van der Waals surface area contributed by atoms with Crippen molar-refractivity contribution < 1.29 is 14.3 Å². The Bertz CT molecular complexity index is 599. The van der Waals surface area contributed by atoms with Crippen molar-refractivity contribution in [3.05, 3.63) is 63.9 Å². The van der Waals surface area contributed by atoms with E-state index in [1.807, 2.05) is 0 Å². The summed E-state index contributed by atoms with van der Waals surface area (Å²) in [4.78, 5) is 10.7. The molecule has 98 valence electrons. The van der Waals surface area contributed by atoms with Crippen LogP contribution in [0.1, 0.15) is 15.9 Å². The van der Waals surface area contributed by atoms with Crippen molar-refractivity contribution in [1.29, 1.82) is 0 Å². The van der Waals surface area contributed by atoms with Crippen molar-refractivity contribution in [2.45, 2.75) is 6.54 Å². The van der Waals surface area contributed by atoms with Crippen LogP contribution in [0.5, 0.6) is 0 Å². The first-order valence-electron chi connectivity index (χ1n) is 5.57. The van der Waals surface area contributed by atoms with Crippen molar-refractivity contribution in [1.82, 2.24) is 0 Å². The van der Waals surface area contributed by atoms with E-state index in [1.54, 1.807) is 24.3 Å². The van der Waals surface area contributed by atoms with E-state index < -0.39 is 5.97 Å². The standard InChI is InChI=1S/C14H11BrFNO2/c15-11-5-6-12(16)13(7-11)17-8-9-1-3-10(4-2-9)14(18)19/h1-7,17H,8H2,(H,18,19). The van der Waals surface area contributed by atoms with Crippen LogP contribution in [-0.2, 0) is 6.54 Å². The third-order valence-corrected chi connectivity index (χ3v) is 3.11. The van der Waals surface area contributed by atoms with Gasteiger partial charge in [0, 0.05) is 11.0 Å². The van der Waals surface area contributed by atoms with Gasteiger partial charge in [0.1, 0.15) is 5.82 Å². The van der Waals surface area contributed by atoms with E-state index in [9.17, 15) is 9.18 Å². The molecule has 0 saturated carbocycles. The van der Waals surface area contributed by atoms with Crippen molar-refractivity contribution in [2.24, 2.45) is 0 Å². The average Bonchev–Trinajstić information content (AvgIpc) is 2.40. The second-order valence-corrected chi connectivity index (χ2v) is 4.90. The maximum atomic E-state index is 13.5. The summed E-state index contributed by atoms with van der Waals surface area (Å²) in [5, 5.41) is 11.7. The molecule has 3 nitrogen and oxygen atoms in total. The van der Waals surface area contributed by atoms with Crippen LogP contribution in [0.2, 0.25) is 0 Å². The zero-order valence-corrected chi connectivity index (χ0v) is 11.4. The lowest BCUT2D eigenvalue weighted by molar-refractivity contribution is 0.0697. The lowest BCUT2D eigenvalue weighted by atomic mass is 10.1. The molecule has 0 spiro atoms. The van der Waals surface area contributed by atoms with Crippen LogP contribution in [0.25, 0.3) is 0 Å². The third-order valence-electron chi connectivity index (χ3n) is 2.61. The zero-order valence-electron chi connectivity index (χ0n) is 9.86. The number of carbonyl (C=O) groups is 1. The topological polar surface area (TPSA) is 49.3 Å². The van der Waals surface area contributed by atoms with Gasteiger partial charge in [0.25, 0.3) is 0 Å². The molecule has 5 heteroatoms. The molecule has 0 aliphatic rings. The van der Waals surface area contributed by atoms with Crippen LogP contribution >= 0.6 is 15.9 Å². The molecule has 0 aliphatic carbocycles. The predicted molar refractivity (Wildman–Crippen MR) is 74.8 cm³/mol. The van der Waals surface area contributed by atoms with Crippen molar-refractivity contribution in [3.63, 3.8) is 0 Å². The molecule has 2 aromatic rings. The maximum Gasteiger partial charge on any atom is 0.335 e. The van der Waals surface area contributed by atoms with Gasteiger partial charge in [0.05, 0.1) is 11.3 Å². The summed E-state index contributed by atoms with van der Waals surface area (Å²) in [7, 11) is 0. The number of halogens is 2. The van der Waals surface area contributed by atoms with Gasteiger partial charge >= 0.3 is 5.97 Å². The molecule has 19 heavy (non-hydrogen) atoms. The van der Waals surface area contributed by atoms with E-state index in [0.717, 1.165) is 10.0 Å². The smallest absolute Gasteiger partial charge is 0.335 e. The first kappa shape index (κ1) is 13.5. The molecule has 0 amide bonds. The highest BCUT2D eigenvalue weighted by Crippen LogP contribution is 2.20. The van der Waals surface area contributed by atoms with Gasteiger partial charge in [-0.05, 0) is 35.9 Å². The van der Waals surface area contributed by atoms with Crippen LogP contribution < -0.4 is 5.32 Å². The number of carboxylic acid groups (broad SMARTS) is 1. The molecule has 2 rings (SSSR count). The molecule has 0 saturated heterocycles. The van der Waals surface area contributed by atoms with Crippen molar-refractivity contribution in [3.8, 4) is 0 Å². The highest BCUT2D eigenvalue weighted by Gasteiger charge is 2.04. The summed E-state index contributed by atoms with van der Waals surface area (Å²) in [6.45, 7) is 0.424. The summed E-state index contributed by atoms with van der Waals surface area (Å²) in [5.74, 6) is -1.29. The fourth-order valence-electron chi connectivity index (χ4n) is 1.60. The lowest BCUT2D eigenvalue weighted by Gasteiger charge is -2.08. The molecule has 0 fully saturated rings. The molecule has 0 bridgehead atoms. The largest absolute Gasteiger partial charge is 0.478 e. The Morgan fingerprint density at radius 1 is 1.21 bits per heavy atom. The number of nitrogens with one attached hydrogen (secondary N) is 1. The van der Waals surface area contributed by atoms with E-state index in [-0.39, 0.29) is 11.4 Å². The monoisotopic (exact) mass is 323 g/mol. The van der Waals surface area contributed by atoms with E-state index in [4.69, 9.17) is 5.11 Å². The number of anilines is 1.